The van der Waals surface area contributed by atoms with Crippen molar-refractivity contribution in [2.75, 3.05) is 11.2 Å². The van der Waals surface area contributed by atoms with Gasteiger partial charge in [-0.25, -0.2) is 9.66 Å². The highest BCUT2D eigenvalue weighted by Crippen LogP contribution is 2.30. The fourth-order valence-electron chi connectivity index (χ4n) is 3.20. The molecule has 1 aliphatic rings. The quantitative estimate of drug-likeness (QED) is 0.766. The third-order valence-electron chi connectivity index (χ3n) is 4.44. The molecule has 0 spiro atoms. The maximum Gasteiger partial charge on any atom is 0.220 e. The average molecular weight is 316 g/mol. The van der Waals surface area contributed by atoms with Crippen molar-refractivity contribution in [1.29, 1.82) is 0 Å². The summed E-state index contributed by atoms with van der Waals surface area (Å²) in [5, 5.41) is 0. The standard InChI is InChI=1S/C20H20N4/c21-20-23-19(16-8-2-1-3-9-16)14-24(20)22-13-17-11-6-10-15-7-4-5-12-18(15)17/h1-5,7-9,12-14,22H,6,10-11H2,(H2,21,23). The summed E-state index contributed by atoms with van der Waals surface area (Å²) in [6.07, 6.45) is 7.38. The average Bonchev–Trinajstić information content (AvgIpc) is 3.01. The Bertz CT molecular complexity index is 878. The van der Waals surface area contributed by atoms with Crippen LogP contribution in [-0.4, -0.2) is 9.66 Å². The second-order valence-corrected chi connectivity index (χ2v) is 6.03. The van der Waals surface area contributed by atoms with E-state index in [0.717, 1.165) is 24.1 Å². The van der Waals surface area contributed by atoms with Crippen molar-refractivity contribution < 1.29 is 0 Å². The van der Waals surface area contributed by atoms with Crippen LogP contribution in [0.25, 0.3) is 16.8 Å². The van der Waals surface area contributed by atoms with Gasteiger partial charge in [0.1, 0.15) is 0 Å². The number of nitrogens with one attached hydrogen (secondary N) is 1. The summed E-state index contributed by atoms with van der Waals surface area (Å²) in [5.74, 6) is 0.454. The van der Waals surface area contributed by atoms with Gasteiger partial charge in [-0.3, -0.25) is 5.43 Å². The number of nitrogen functional groups attached to an aromatic ring is 1. The number of anilines is 1. The van der Waals surface area contributed by atoms with Gasteiger partial charge in [0, 0.05) is 11.8 Å². The Morgan fingerprint density at radius 1 is 1.00 bits per heavy atom. The van der Waals surface area contributed by atoms with Crippen molar-refractivity contribution >= 4 is 11.5 Å². The lowest BCUT2D eigenvalue weighted by molar-refractivity contribution is 0.819. The number of imidazole rings is 1. The van der Waals surface area contributed by atoms with E-state index in [0.29, 0.717) is 5.95 Å². The van der Waals surface area contributed by atoms with E-state index in [1.807, 2.05) is 42.7 Å². The molecule has 0 amide bonds. The minimum atomic E-state index is 0.454. The highest BCUT2D eigenvalue weighted by molar-refractivity contribution is 5.70. The second kappa shape index (κ2) is 6.24. The summed E-state index contributed by atoms with van der Waals surface area (Å²) in [6, 6.07) is 18.6. The number of hydrogen-bond acceptors (Lipinski definition) is 3. The molecule has 4 heteroatoms. The number of aryl methyl sites for hydroxylation is 1. The summed E-state index contributed by atoms with van der Waals surface area (Å²) in [7, 11) is 0. The van der Waals surface area contributed by atoms with Gasteiger partial charge in [0.05, 0.1) is 11.9 Å². The van der Waals surface area contributed by atoms with Crippen molar-refractivity contribution in [3.8, 4) is 11.3 Å². The Hall–Kier alpha value is -3.01. The summed E-state index contributed by atoms with van der Waals surface area (Å²) in [5.41, 5.74) is 15.3. The van der Waals surface area contributed by atoms with Crippen molar-refractivity contribution in [2.45, 2.75) is 19.3 Å². The normalized spacial score (nSPS) is 15.2. The molecule has 4 rings (SSSR count). The number of nitrogens with zero attached hydrogens (tertiary/aromatic N) is 2. The highest BCUT2D eigenvalue weighted by atomic mass is 15.4. The Kier molecular flexibility index (Phi) is 3.79. The number of aromatic nitrogens is 2. The number of hydrogen-bond donors (Lipinski definition) is 2. The highest BCUT2D eigenvalue weighted by Gasteiger charge is 2.13. The van der Waals surface area contributed by atoms with Crippen LogP contribution >= 0.6 is 0 Å². The summed E-state index contributed by atoms with van der Waals surface area (Å²) < 4.78 is 1.77. The monoisotopic (exact) mass is 316 g/mol. The number of fused-ring (bicyclic) bond motifs is 1. The number of benzene rings is 2. The number of rotatable bonds is 3. The molecule has 1 aliphatic carbocycles. The largest absolute Gasteiger partial charge is 0.368 e. The first-order chi connectivity index (χ1) is 11.8. The van der Waals surface area contributed by atoms with Gasteiger partial charge in [0.25, 0.3) is 0 Å². The van der Waals surface area contributed by atoms with E-state index in [9.17, 15) is 0 Å². The first-order valence-corrected chi connectivity index (χ1v) is 8.25. The molecule has 4 nitrogen and oxygen atoms in total. The molecular formula is C20H20N4. The molecule has 0 unspecified atom stereocenters. The third kappa shape index (κ3) is 2.78. The molecule has 0 atom stereocenters. The Morgan fingerprint density at radius 2 is 1.79 bits per heavy atom. The maximum atomic E-state index is 6.05. The van der Waals surface area contributed by atoms with Crippen LogP contribution in [0.5, 0.6) is 0 Å². The topological polar surface area (TPSA) is 55.9 Å². The van der Waals surface area contributed by atoms with E-state index in [2.05, 4.69) is 34.7 Å². The summed E-state index contributed by atoms with van der Waals surface area (Å²) in [4.78, 5) is 4.44. The third-order valence-corrected chi connectivity index (χ3v) is 4.44. The molecule has 3 N–H and O–H groups in total. The number of nitrogens with two attached hydrogens (primary N) is 1. The SMILES string of the molecule is Nc1nc(-c2ccccc2)cn1NC=C1CCCc2ccccc21. The molecule has 2 aromatic carbocycles. The van der Waals surface area contributed by atoms with Crippen LogP contribution in [0.15, 0.2) is 67.0 Å². The van der Waals surface area contributed by atoms with E-state index in [4.69, 9.17) is 5.73 Å². The molecule has 0 bridgehead atoms. The van der Waals surface area contributed by atoms with Crippen LogP contribution in [-0.2, 0) is 6.42 Å². The van der Waals surface area contributed by atoms with Gasteiger partial charge in [-0.1, -0.05) is 54.6 Å². The van der Waals surface area contributed by atoms with Crippen molar-refractivity contribution in [3.05, 3.63) is 78.1 Å². The Labute approximate surface area is 141 Å². The molecule has 120 valence electrons. The fourth-order valence-corrected chi connectivity index (χ4v) is 3.20. The first-order valence-electron chi connectivity index (χ1n) is 8.25. The molecule has 3 aromatic rings. The molecule has 0 saturated heterocycles. The molecule has 1 aromatic heterocycles. The minimum Gasteiger partial charge on any atom is -0.368 e. The summed E-state index contributed by atoms with van der Waals surface area (Å²) in [6.45, 7) is 0. The van der Waals surface area contributed by atoms with Gasteiger partial charge in [-0.15, -0.1) is 0 Å². The van der Waals surface area contributed by atoms with E-state index in [-0.39, 0.29) is 0 Å². The van der Waals surface area contributed by atoms with E-state index in [1.54, 1.807) is 4.68 Å². The molecule has 0 radical (unpaired) electrons. The zero-order valence-corrected chi connectivity index (χ0v) is 13.4. The minimum absolute atomic E-state index is 0.454. The van der Waals surface area contributed by atoms with Gasteiger partial charge >= 0.3 is 0 Å². The predicted octanol–water partition coefficient (Wildman–Crippen LogP) is 4.05. The molecule has 1 heterocycles. The summed E-state index contributed by atoms with van der Waals surface area (Å²) >= 11 is 0. The Morgan fingerprint density at radius 3 is 2.67 bits per heavy atom. The first kappa shape index (κ1) is 14.6. The van der Waals surface area contributed by atoms with Crippen LogP contribution in [0.1, 0.15) is 24.0 Å². The second-order valence-electron chi connectivity index (χ2n) is 6.03. The fraction of sp³-hybridized carbons (Fsp3) is 0.150. The van der Waals surface area contributed by atoms with Crippen LogP contribution in [0, 0.1) is 0 Å². The lowest BCUT2D eigenvalue weighted by atomic mass is 9.88. The van der Waals surface area contributed by atoms with Gasteiger partial charge in [0.2, 0.25) is 5.95 Å². The van der Waals surface area contributed by atoms with E-state index < -0.39 is 0 Å². The van der Waals surface area contributed by atoms with Crippen LogP contribution in [0.3, 0.4) is 0 Å². The van der Waals surface area contributed by atoms with Crippen LogP contribution in [0.2, 0.25) is 0 Å². The molecule has 24 heavy (non-hydrogen) atoms. The molecular weight excluding hydrogens is 296 g/mol. The zero-order valence-electron chi connectivity index (χ0n) is 13.4. The van der Waals surface area contributed by atoms with Gasteiger partial charge in [-0.05, 0) is 36.0 Å². The van der Waals surface area contributed by atoms with Gasteiger partial charge in [0.15, 0.2) is 0 Å². The van der Waals surface area contributed by atoms with E-state index in [1.165, 1.54) is 23.1 Å². The molecule has 0 fully saturated rings. The lowest BCUT2D eigenvalue weighted by Crippen LogP contribution is -2.12. The van der Waals surface area contributed by atoms with Crippen molar-refractivity contribution in [3.63, 3.8) is 0 Å². The lowest BCUT2D eigenvalue weighted by Gasteiger charge is -2.19. The van der Waals surface area contributed by atoms with E-state index >= 15 is 0 Å². The molecule has 0 saturated carbocycles. The Balaban J connectivity index is 1.60. The maximum absolute atomic E-state index is 6.05. The van der Waals surface area contributed by atoms with Crippen molar-refractivity contribution in [2.24, 2.45) is 0 Å². The van der Waals surface area contributed by atoms with Gasteiger partial charge < -0.3 is 5.73 Å². The number of allylic oxidation sites excluding steroid dienone is 1. The van der Waals surface area contributed by atoms with Gasteiger partial charge in [-0.2, -0.15) is 0 Å². The zero-order chi connectivity index (χ0) is 16.4. The molecule has 0 aliphatic heterocycles. The predicted molar refractivity (Wildman–Crippen MR) is 98.8 cm³/mol. The van der Waals surface area contributed by atoms with Crippen LogP contribution in [0.4, 0.5) is 5.95 Å². The van der Waals surface area contributed by atoms with Crippen molar-refractivity contribution in [1.82, 2.24) is 9.66 Å². The van der Waals surface area contributed by atoms with Crippen LogP contribution < -0.4 is 11.2 Å². The smallest absolute Gasteiger partial charge is 0.220 e.